The molecule has 3 rings (SSSR count). The quantitative estimate of drug-likeness (QED) is 0.507. The molecule has 3 aromatic carbocycles. The van der Waals surface area contributed by atoms with Crippen LogP contribution in [0.3, 0.4) is 0 Å². The molecule has 0 aliphatic heterocycles. The van der Waals surface area contributed by atoms with Crippen molar-refractivity contribution < 1.29 is 9.53 Å². The minimum absolute atomic E-state index is 0.250. The molecule has 20 heavy (non-hydrogen) atoms. The summed E-state index contributed by atoms with van der Waals surface area (Å²) < 4.78 is 5.16. The summed E-state index contributed by atoms with van der Waals surface area (Å²) in [5.74, 6) is -0.250. The molecule has 0 aliphatic rings. The zero-order valence-corrected chi connectivity index (χ0v) is 11.6. The Labute approximate surface area is 118 Å². The molecule has 0 aliphatic carbocycles. The maximum Gasteiger partial charge on any atom is 0.302 e. The van der Waals surface area contributed by atoms with Gasteiger partial charge in [-0.1, -0.05) is 42.5 Å². The first-order valence-corrected chi connectivity index (χ1v) is 6.70. The molecule has 0 bridgehead atoms. The Hall–Kier alpha value is -2.35. The summed E-state index contributed by atoms with van der Waals surface area (Å²) in [7, 11) is 0. The van der Waals surface area contributed by atoms with Crippen LogP contribution in [0.5, 0.6) is 0 Å². The lowest BCUT2D eigenvalue weighted by Gasteiger charge is -2.12. The van der Waals surface area contributed by atoms with Crippen molar-refractivity contribution in [2.45, 2.75) is 20.5 Å². The molecule has 0 aromatic heterocycles. The van der Waals surface area contributed by atoms with Crippen molar-refractivity contribution in [2.24, 2.45) is 0 Å². The van der Waals surface area contributed by atoms with E-state index in [1.807, 2.05) is 12.1 Å². The fraction of sp³-hybridized carbons (Fsp3) is 0.167. The van der Waals surface area contributed by atoms with Gasteiger partial charge in [0.2, 0.25) is 0 Å². The van der Waals surface area contributed by atoms with Crippen LogP contribution < -0.4 is 0 Å². The molecular formula is C18H16O2. The fourth-order valence-electron chi connectivity index (χ4n) is 2.76. The first kappa shape index (κ1) is 12.7. The Kier molecular flexibility index (Phi) is 3.15. The van der Waals surface area contributed by atoms with Crippen LogP contribution in [-0.4, -0.2) is 5.97 Å². The van der Waals surface area contributed by atoms with E-state index in [0.29, 0.717) is 6.61 Å². The molecule has 0 fully saturated rings. The maximum absolute atomic E-state index is 11.0. The van der Waals surface area contributed by atoms with Crippen molar-refractivity contribution in [2.75, 3.05) is 0 Å². The summed E-state index contributed by atoms with van der Waals surface area (Å²) in [5.41, 5.74) is 2.29. The molecule has 3 aromatic rings. The molecule has 2 nitrogen and oxygen atoms in total. The van der Waals surface area contributed by atoms with Gasteiger partial charge in [-0.3, -0.25) is 4.79 Å². The van der Waals surface area contributed by atoms with Gasteiger partial charge < -0.3 is 4.74 Å². The Morgan fingerprint density at radius 1 is 1.05 bits per heavy atom. The zero-order valence-electron chi connectivity index (χ0n) is 11.6. The molecule has 2 heteroatoms. The number of hydrogen-bond donors (Lipinski definition) is 0. The van der Waals surface area contributed by atoms with E-state index < -0.39 is 0 Å². The third kappa shape index (κ3) is 2.14. The van der Waals surface area contributed by atoms with Gasteiger partial charge in [-0.25, -0.2) is 0 Å². The third-order valence-corrected chi connectivity index (χ3v) is 3.66. The number of fused-ring (bicyclic) bond motifs is 2. The van der Waals surface area contributed by atoms with E-state index in [4.69, 9.17) is 4.74 Å². The molecule has 0 N–H and O–H groups in total. The van der Waals surface area contributed by atoms with E-state index in [-0.39, 0.29) is 5.97 Å². The second-order valence-electron chi connectivity index (χ2n) is 5.02. The van der Waals surface area contributed by atoms with Gasteiger partial charge in [-0.15, -0.1) is 0 Å². The topological polar surface area (TPSA) is 26.3 Å². The standard InChI is InChI=1S/C18H16O2/c1-12-17-9-4-3-6-14(17)10-15-7-5-8-16(18(12)15)11-20-13(2)19/h3-10H,11H2,1-2H3. The molecule has 0 unspecified atom stereocenters. The predicted octanol–water partition coefficient (Wildman–Crippen LogP) is 4.36. The smallest absolute Gasteiger partial charge is 0.302 e. The Morgan fingerprint density at radius 2 is 1.80 bits per heavy atom. The number of ether oxygens (including phenoxy) is 1. The third-order valence-electron chi connectivity index (χ3n) is 3.66. The van der Waals surface area contributed by atoms with E-state index in [2.05, 4.69) is 43.3 Å². The molecule has 0 saturated carbocycles. The van der Waals surface area contributed by atoms with Crippen molar-refractivity contribution >= 4 is 27.5 Å². The number of carbonyl (C=O) groups is 1. The highest BCUT2D eigenvalue weighted by molar-refractivity contribution is 6.03. The average molecular weight is 264 g/mol. The Morgan fingerprint density at radius 3 is 2.60 bits per heavy atom. The summed E-state index contributed by atoms with van der Waals surface area (Å²) in [6.45, 7) is 3.89. The highest BCUT2D eigenvalue weighted by atomic mass is 16.5. The Bertz CT molecular complexity index is 803. The van der Waals surface area contributed by atoms with Crippen molar-refractivity contribution in [1.29, 1.82) is 0 Å². The van der Waals surface area contributed by atoms with Gasteiger partial charge in [0.05, 0.1) is 0 Å². The largest absolute Gasteiger partial charge is 0.461 e. The summed E-state index contributed by atoms with van der Waals surface area (Å²) in [6.07, 6.45) is 0. The summed E-state index contributed by atoms with van der Waals surface area (Å²) >= 11 is 0. The summed E-state index contributed by atoms with van der Waals surface area (Å²) in [4.78, 5) is 11.0. The van der Waals surface area contributed by atoms with Gasteiger partial charge in [0.1, 0.15) is 6.61 Å². The SMILES string of the molecule is CC(=O)OCc1cccc2cc3ccccc3c(C)c12. The van der Waals surface area contributed by atoms with Gasteiger partial charge in [-0.05, 0) is 45.7 Å². The number of esters is 1. The summed E-state index contributed by atoms with van der Waals surface area (Å²) in [5, 5.41) is 4.86. The first-order chi connectivity index (χ1) is 9.66. The van der Waals surface area contributed by atoms with Crippen LogP contribution in [-0.2, 0) is 16.1 Å². The van der Waals surface area contributed by atoms with E-state index in [0.717, 1.165) is 5.56 Å². The lowest BCUT2D eigenvalue weighted by atomic mass is 9.95. The Balaban J connectivity index is 2.27. The van der Waals surface area contributed by atoms with Crippen LogP contribution in [0.15, 0.2) is 48.5 Å². The monoisotopic (exact) mass is 264 g/mol. The van der Waals surface area contributed by atoms with Crippen LogP contribution >= 0.6 is 0 Å². The fourth-order valence-corrected chi connectivity index (χ4v) is 2.76. The molecule has 0 saturated heterocycles. The lowest BCUT2D eigenvalue weighted by molar-refractivity contribution is -0.142. The van der Waals surface area contributed by atoms with Crippen molar-refractivity contribution in [3.05, 3.63) is 59.7 Å². The highest BCUT2D eigenvalue weighted by Crippen LogP contribution is 2.30. The molecule has 0 heterocycles. The van der Waals surface area contributed by atoms with E-state index in [1.54, 1.807) is 0 Å². The van der Waals surface area contributed by atoms with Crippen LogP contribution in [0.25, 0.3) is 21.5 Å². The van der Waals surface area contributed by atoms with Crippen LogP contribution in [0.2, 0.25) is 0 Å². The molecule has 0 spiro atoms. The molecule has 0 amide bonds. The van der Waals surface area contributed by atoms with Crippen LogP contribution in [0.4, 0.5) is 0 Å². The molecule has 0 radical (unpaired) electrons. The van der Waals surface area contributed by atoms with Gasteiger partial charge in [-0.2, -0.15) is 0 Å². The lowest BCUT2D eigenvalue weighted by Crippen LogP contribution is -2.00. The van der Waals surface area contributed by atoms with Gasteiger partial charge in [0, 0.05) is 6.92 Å². The van der Waals surface area contributed by atoms with Crippen molar-refractivity contribution in [1.82, 2.24) is 0 Å². The second kappa shape index (κ2) is 4.97. The minimum Gasteiger partial charge on any atom is -0.461 e. The van der Waals surface area contributed by atoms with E-state index >= 15 is 0 Å². The molecule has 0 atom stereocenters. The number of carbonyl (C=O) groups excluding carboxylic acids is 1. The number of hydrogen-bond acceptors (Lipinski definition) is 2. The van der Waals surface area contributed by atoms with Gasteiger partial charge in [0.15, 0.2) is 0 Å². The van der Waals surface area contributed by atoms with Gasteiger partial charge >= 0.3 is 5.97 Å². The zero-order chi connectivity index (χ0) is 14.1. The highest BCUT2D eigenvalue weighted by Gasteiger charge is 2.08. The minimum atomic E-state index is -0.250. The second-order valence-corrected chi connectivity index (χ2v) is 5.02. The van der Waals surface area contributed by atoms with Crippen molar-refractivity contribution in [3.8, 4) is 0 Å². The number of rotatable bonds is 2. The van der Waals surface area contributed by atoms with Crippen molar-refractivity contribution in [3.63, 3.8) is 0 Å². The molecule has 100 valence electrons. The van der Waals surface area contributed by atoms with Crippen LogP contribution in [0, 0.1) is 6.92 Å². The molecular weight excluding hydrogens is 248 g/mol. The normalized spacial score (nSPS) is 10.9. The van der Waals surface area contributed by atoms with Crippen LogP contribution in [0.1, 0.15) is 18.1 Å². The van der Waals surface area contributed by atoms with E-state index in [9.17, 15) is 4.79 Å². The van der Waals surface area contributed by atoms with E-state index in [1.165, 1.54) is 34.0 Å². The summed E-state index contributed by atoms with van der Waals surface area (Å²) in [6, 6.07) is 16.7. The van der Waals surface area contributed by atoms with Gasteiger partial charge in [0.25, 0.3) is 0 Å². The predicted molar refractivity (Wildman–Crippen MR) is 81.7 cm³/mol. The average Bonchev–Trinajstić information content (AvgIpc) is 2.45. The maximum atomic E-state index is 11.0. The number of benzene rings is 3. The first-order valence-electron chi connectivity index (χ1n) is 6.70. The number of aryl methyl sites for hydroxylation is 1.